The molecule has 5 heteroatoms. The lowest BCUT2D eigenvalue weighted by Crippen LogP contribution is -2.46. The Kier molecular flexibility index (Phi) is 7.45. The van der Waals surface area contributed by atoms with Crippen molar-refractivity contribution in [3.63, 3.8) is 0 Å². The zero-order valence-corrected chi connectivity index (χ0v) is 21.4. The van der Waals surface area contributed by atoms with Crippen LogP contribution in [0.1, 0.15) is 74.6 Å². The third-order valence-electron chi connectivity index (χ3n) is 7.97. The van der Waals surface area contributed by atoms with E-state index in [4.69, 9.17) is 4.74 Å². The largest absolute Gasteiger partial charge is 0.481 e. The molecular formula is C31H38N2O3. The van der Waals surface area contributed by atoms with Crippen molar-refractivity contribution >= 4 is 11.8 Å². The summed E-state index contributed by atoms with van der Waals surface area (Å²) in [7, 11) is 0. The third-order valence-corrected chi connectivity index (χ3v) is 7.97. The normalized spacial score (nSPS) is 20.5. The fourth-order valence-corrected chi connectivity index (χ4v) is 5.90. The number of fused-ring (bicyclic) bond motifs is 1. The molecule has 2 aromatic carbocycles. The highest BCUT2D eigenvalue weighted by atomic mass is 16.5. The molecule has 0 unspecified atom stereocenters. The lowest BCUT2D eigenvalue weighted by Gasteiger charge is -2.38. The van der Waals surface area contributed by atoms with E-state index in [0.717, 1.165) is 49.8 Å². The molecule has 3 aliphatic rings. The van der Waals surface area contributed by atoms with E-state index < -0.39 is 6.10 Å². The molecular weight excluding hydrogens is 448 g/mol. The first kappa shape index (κ1) is 24.6. The molecule has 5 rings (SSSR count). The Morgan fingerprint density at radius 2 is 1.86 bits per heavy atom. The van der Waals surface area contributed by atoms with Gasteiger partial charge in [0.15, 0.2) is 6.10 Å². The van der Waals surface area contributed by atoms with Gasteiger partial charge in [-0.15, -0.1) is 6.58 Å². The Balaban J connectivity index is 1.43. The molecule has 2 aliphatic carbocycles. The number of hydrogen-bond donors (Lipinski definition) is 0. The molecule has 5 nitrogen and oxygen atoms in total. The fourth-order valence-electron chi connectivity index (χ4n) is 5.90. The minimum Gasteiger partial charge on any atom is -0.481 e. The van der Waals surface area contributed by atoms with Crippen LogP contribution >= 0.6 is 0 Å². The number of amides is 2. The van der Waals surface area contributed by atoms with Gasteiger partial charge in [0.25, 0.3) is 5.91 Å². The van der Waals surface area contributed by atoms with E-state index in [1.807, 2.05) is 42.2 Å². The van der Waals surface area contributed by atoms with Crippen LogP contribution in [-0.2, 0) is 16.0 Å². The van der Waals surface area contributed by atoms with Crippen LogP contribution in [0.3, 0.4) is 0 Å². The number of carbonyl (C=O) groups is 2. The standard InChI is InChI=1S/C31H38N2O3/c1-3-19-32(25-12-8-9-13-25)31(35)28(4-2)36-26-17-16-22-18-20-33(30(34)24-14-15-24)29(27(22)21-26)23-10-6-5-7-11-23/h3,5-7,10-11,16-17,21,24-25,28-29H,1,4,8-9,12-15,18-20H2,2H3/t28-,29+/m0/s1. The molecule has 2 saturated carbocycles. The van der Waals surface area contributed by atoms with Crippen molar-refractivity contribution in [3.05, 3.63) is 77.9 Å². The average molecular weight is 487 g/mol. The number of benzene rings is 2. The summed E-state index contributed by atoms with van der Waals surface area (Å²) in [5.74, 6) is 1.18. The maximum Gasteiger partial charge on any atom is 0.264 e. The highest BCUT2D eigenvalue weighted by Gasteiger charge is 2.40. The molecule has 0 radical (unpaired) electrons. The van der Waals surface area contributed by atoms with Crippen molar-refractivity contribution in [2.24, 2.45) is 5.92 Å². The van der Waals surface area contributed by atoms with Gasteiger partial charge in [0.2, 0.25) is 5.91 Å². The zero-order valence-electron chi connectivity index (χ0n) is 21.4. The van der Waals surface area contributed by atoms with Crippen LogP contribution in [0, 0.1) is 5.92 Å². The number of ether oxygens (including phenoxy) is 1. The van der Waals surface area contributed by atoms with E-state index in [1.54, 1.807) is 0 Å². The minimum atomic E-state index is -0.536. The molecule has 0 aromatic heterocycles. The molecule has 36 heavy (non-hydrogen) atoms. The quantitative estimate of drug-likeness (QED) is 0.428. The maximum atomic E-state index is 13.6. The minimum absolute atomic E-state index is 0.0483. The molecule has 2 amide bonds. The van der Waals surface area contributed by atoms with E-state index >= 15 is 0 Å². The molecule has 0 spiro atoms. The second kappa shape index (κ2) is 10.9. The molecule has 1 aliphatic heterocycles. The van der Waals surface area contributed by atoms with E-state index in [-0.39, 0.29) is 29.8 Å². The van der Waals surface area contributed by atoms with Gasteiger partial charge in [0.1, 0.15) is 5.75 Å². The molecule has 1 heterocycles. The SMILES string of the molecule is C=CCN(C(=O)[C@H](CC)Oc1ccc2c(c1)[C@@H](c1ccccc1)N(C(=O)C1CC1)CC2)C1CCCC1. The van der Waals surface area contributed by atoms with Crippen molar-refractivity contribution in [1.29, 1.82) is 0 Å². The molecule has 0 bridgehead atoms. The van der Waals surface area contributed by atoms with Gasteiger partial charge in [0.05, 0.1) is 6.04 Å². The van der Waals surface area contributed by atoms with Crippen LogP contribution in [0.5, 0.6) is 5.75 Å². The summed E-state index contributed by atoms with van der Waals surface area (Å²) in [6.07, 6.45) is 9.16. The highest BCUT2D eigenvalue weighted by molar-refractivity contribution is 5.83. The van der Waals surface area contributed by atoms with Gasteiger partial charge in [-0.3, -0.25) is 9.59 Å². The highest BCUT2D eigenvalue weighted by Crippen LogP contribution is 2.41. The molecule has 190 valence electrons. The first-order valence-corrected chi connectivity index (χ1v) is 13.7. The van der Waals surface area contributed by atoms with Crippen LogP contribution in [0.25, 0.3) is 0 Å². The summed E-state index contributed by atoms with van der Waals surface area (Å²) in [5.41, 5.74) is 3.47. The zero-order chi connectivity index (χ0) is 25.1. The summed E-state index contributed by atoms with van der Waals surface area (Å²) in [6.45, 7) is 7.17. The first-order valence-electron chi connectivity index (χ1n) is 13.7. The predicted octanol–water partition coefficient (Wildman–Crippen LogP) is 5.69. The Hall–Kier alpha value is -3.08. The number of carbonyl (C=O) groups excluding carboxylic acids is 2. The van der Waals surface area contributed by atoms with Crippen molar-refractivity contribution in [1.82, 2.24) is 9.80 Å². The molecule has 2 atom stereocenters. The van der Waals surface area contributed by atoms with Crippen molar-refractivity contribution in [3.8, 4) is 5.75 Å². The van der Waals surface area contributed by atoms with E-state index in [1.165, 1.54) is 18.4 Å². The van der Waals surface area contributed by atoms with Crippen LogP contribution in [0.2, 0.25) is 0 Å². The van der Waals surface area contributed by atoms with Gasteiger partial charge < -0.3 is 14.5 Å². The number of hydrogen-bond acceptors (Lipinski definition) is 3. The smallest absolute Gasteiger partial charge is 0.264 e. The molecule has 0 N–H and O–H groups in total. The topological polar surface area (TPSA) is 49.9 Å². The van der Waals surface area contributed by atoms with E-state index in [2.05, 4.69) is 35.7 Å². The van der Waals surface area contributed by atoms with Crippen LogP contribution in [0.4, 0.5) is 0 Å². The van der Waals surface area contributed by atoms with Crippen molar-refractivity contribution in [2.75, 3.05) is 13.1 Å². The van der Waals surface area contributed by atoms with Crippen molar-refractivity contribution < 1.29 is 14.3 Å². The second-order valence-corrected chi connectivity index (χ2v) is 10.5. The predicted molar refractivity (Wildman–Crippen MR) is 142 cm³/mol. The summed E-state index contributed by atoms with van der Waals surface area (Å²) < 4.78 is 6.39. The lowest BCUT2D eigenvalue weighted by molar-refractivity contribution is -0.140. The van der Waals surface area contributed by atoms with Gasteiger partial charge >= 0.3 is 0 Å². The van der Waals surface area contributed by atoms with Gasteiger partial charge in [-0.2, -0.15) is 0 Å². The van der Waals surface area contributed by atoms with Gasteiger partial charge in [-0.1, -0.05) is 62.2 Å². The molecule has 2 aromatic rings. The first-order chi connectivity index (χ1) is 17.6. The Bertz CT molecular complexity index is 1090. The Morgan fingerprint density at radius 3 is 2.53 bits per heavy atom. The third kappa shape index (κ3) is 5.07. The second-order valence-electron chi connectivity index (χ2n) is 10.5. The number of rotatable bonds is 9. The van der Waals surface area contributed by atoms with Gasteiger partial charge in [0, 0.05) is 25.0 Å². The van der Waals surface area contributed by atoms with Crippen LogP contribution in [0.15, 0.2) is 61.2 Å². The van der Waals surface area contributed by atoms with Gasteiger partial charge in [-0.05, 0) is 67.3 Å². The maximum absolute atomic E-state index is 13.6. The summed E-state index contributed by atoms with van der Waals surface area (Å²) in [5, 5.41) is 0. The fraction of sp³-hybridized carbons (Fsp3) is 0.484. The van der Waals surface area contributed by atoms with Crippen molar-refractivity contribution in [2.45, 2.75) is 76.5 Å². The molecule has 2 fully saturated rings. The summed E-state index contributed by atoms with van der Waals surface area (Å²) >= 11 is 0. The van der Waals surface area contributed by atoms with E-state index in [0.29, 0.717) is 18.7 Å². The monoisotopic (exact) mass is 486 g/mol. The molecule has 0 saturated heterocycles. The Labute approximate surface area is 215 Å². The lowest BCUT2D eigenvalue weighted by atomic mass is 9.87. The Morgan fingerprint density at radius 1 is 1.11 bits per heavy atom. The summed E-state index contributed by atoms with van der Waals surface area (Å²) in [6, 6.07) is 16.6. The average Bonchev–Trinajstić information content (AvgIpc) is 3.63. The van der Waals surface area contributed by atoms with E-state index in [9.17, 15) is 9.59 Å². The van der Waals surface area contributed by atoms with Crippen LogP contribution in [-0.4, -0.2) is 46.8 Å². The number of nitrogens with zero attached hydrogens (tertiary/aromatic N) is 2. The summed E-state index contributed by atoms with van der Waals surface area (Å²) in [4.78, 5) is 30.8. The van der Waals surface area contributed by atoms with Crippen LogP contribution < -0.4 is 4.74 Å². The van der Waals surface area contributed by atoms with Gasteiger partial charge in [-0.25, -0.2) is 0 Å².